The van der Waals surface area contributed by atoms with Gasteiger partial charge in [0, 0.05) is 37.6 Å². The normalized spacial score (nSPS) is 14.1. The van der Waals surface area contributed by atoms with Gasteiger partial charge in [0.15, 0.2) is 0 Å². The fourth-order valence-electron chi connectivity index (χ4n) is 3.08. The fraction of sp³-hybridized carbons (Fsp3) is 0.286. The van der Waals surface area contributed by atoms with Crippen molar-refractivity contribution in [2.45, 2.75) is 13.0 Å². The second-order valence-corrected chi connectivity index (χ2v) is 7.54. The number of morpholine rings is 1. The molecule has 3 aromatic rings. The largest absolute Gasteiger partial charge is 0.378 e. The molecule has 6 nitrogen and oxygen atoms in total. The maximum absolute atomic E-state index is 12.5. The van der Waals surface area contributed by atoms with Gasteiger partial charge in [-0.25, -0.2) is 9.97 Å². The highest BCUT2D eigenvalue weighted by Crippen LogP contribution is 2.16. The number of pyridine rings is 1. The average molecular weight is 395 g/mol. The molecule has 2 aromatic heterocycles. The Kier molecular flexibility index (Phi) is 5.94. The molecule has 0 saturated carbocycles. The van der Waals surface area contributed by atoms with E-state index in [1.54, 1.807) is 6.20 Å². The summed E-state index contributed by atoms with van der Waals surface area (Å²) in [5, 5.41) is 5.72. The lowest BCUT2D eigenvalue weighted by Crippen LogP contribution is -2.36. The van der Waals surface area contributed by atoms with Crippen LogP contribution in [0, 0.1) is 0 Å². The molecule has 0 radical (unpaired) electrons. The number of aromatic nitrogens is 2. The molecule has 28 heavy (non-hydrogen) atoms. The highest BCUT2D eigenvalue weighted by Gasteiger charge is 2.14. The van der Waals surface area contributed by atoms with E-state index in [4.69, 9.17) is 4.74 Å². The number of carbonyl (C=O) groups excluding carboxylic acids is 1. The average Bonchev–Trinajstić information content (AvgIpc) is 3.22. The van der Waals surface area contributed by atoms with Gasteiger partial charge in [-0.15, -0.1) is 11.3 Å². The van der Waals surface area contributed by atoms with E-state index < -0.39 is 0 Å². The molecule has 0 spiro atoms. The molecule has 1 aliphatic heterocycles. The number of anilines is 1. The second-order valence-electron chi connectivity index (χ2n) is 6.59. The van der Waals surface area contributed by atoms with Crippen LogP contribution in [0.4, 0.5) is 5.82 Å². The molecule has 4 rings (SSSR count). The van der Waals surface area contributed by atoms with Crippen LogP contribution in [0.5, 0.6) is 0 Å². The van der Waals surface area contributed by atoms with Crippen LogP contribution in [0.25, 0.3) is 0 Å². The van der Waals surface area contributed by atoms with E-state index in [9.17, 15) is 4.79 Å². The molecule has 3 heterocycles. The molecule has 1 amide bonds. The van der Waals surface area contributed by atoms with Gasteiger partial charge in [-0.3, -0.25) is 4.79 Å². The Bertz CT molecular complexity index is 923. The molecule has 1 fully saturated rings. The molecule has 1 N–H and O–H groups in total. The summed E-state index contributed by atoms with van der Waals surface area (Å²) in [7, 11) is 0. The van der Waals surface area contributed by atoms with Crippen LogP contribution in [0.15, 0.2) is 54.0 Å². The van der Waals surface area contributed by atoms with Crippen molar-refractivity contribution in [1.29, 1.82) is 0 Å². The quantitative estimate of drug-likeness (QED) is 0.696. The Morgan fingerprint density at radius 3 is 2.79 bits per heavy atom. The van der Waals surface area contributed by atoms with Gasteiger partial charge in [-0.1, -0.05) is 30.3 Å². The first-order chi connectivity index (χ1) is 13.8. The number of ether oxygens (including phenoxy) is 1. The Balaban J connectivity index is 1.34. The zero-order chi connectivity index (χ0) is 19.2. The van der Waals surface area contributed by atoms with Crippen LogP contribution in [0.1, 0.15) is 26.6 Å². The summed E-state index contributed by atoms with van der Waals surface area (Å²) < 4.78 is 5.39. The van der Waals surface area contributed by atoms with Crippen LogP contribution >= 0.6 is 11.3 Å². The van der Waals surface area contributed by atoms with Crippen molar-refractivity contribution >= 4 is 23.1 Å². The van der Waals surface area contributed by atoms with Gasteiger partial charge in [0.05, 0.1) is 18.2 Å². The first-order valence-corrected chi connectivity index (χ1v) is 10.2. The van der Waals surface area contributed by atoms with E-state index in [0.29, 0.717) is 12.2 Å². The third-order valence-corrected chi connectivity index (χ3v) is 5.43. The number of benzene rings is 1. The van der Waals surface area contributed by atoms with Crippen molar-refractivity contribution in [3.05, 3.63) is 75.9 Å². The van der Waals surface area contributed by atoms with Gasteiger partial charge in [0.1, 0.15) is 11.5 Å². The van der Waals surface area contributed by atoms with Gasteiger partial charge >= 0.3 is 0 Å². The zero-order valence-corrected chi connectivity index (χ0v) is 16.3. The first kappa shape index (κ1) is 18.6. The molecule has 7 heteroatoms. The third kappa shape index (κ3) is 4.74. The minimum absolute atomic E-state index is 0.153. The predicted molar refractivity (Wildman–Crippen MR) is 110 cm³/mol. The highest BCUT2D eigenvalue weighted by atomic mass is 32.1. The van der Waals surface area contributed by atoms with Crippen molar-refractivity contribution in [3.63, 3.8) is 0 Å². The zero-order valence-electron chi connectivity index (χ0n) is 15.5. The van der Waals surface area contributed by atoms with Crippen LogP contribution in [-0.2, 0) is 17.7 Å². The van der Waals surface area contributed by atoms with Gasteiger partial charge in [-0.05, 0) is 23.3 Å². The Hall–Kier alpha value is -2.77. The summed E-state index contributed by atoms with van der Waals surface area (Å²) in [6.45, 7) is 3.57. The van der Waals surface area contributed by atoms with Crippen molar-refractivity contribution in [2.75, 3.05) is 31.2 Å². The molecule has 0 atom stereocenters. The molecule has 0 bridgehead atoms. The summed E-state index contributed by atoms with van der Waals surface area (Å²) in [5.74, 6) is 0.772. The van der Waals surface area contributed by atoms with Crippen LogP contribution in [0.3, 0.4) is 0 Å². The van der Waals surface area contributed by atoms with Crippen LogP contribution in [-0.4, -0.2) is 42.2 Å². The van der Waals surface area contributed by atoms with E-state index in [1.165, 1.54) is 16.9 Å². The minimum atomic E-state index is -0.153. The monoisotopic (exact) mass is 394 g/mol. The molecule has 0 unspecified atom stereocenters. The number of hydrogen-bond acceptors (Lipinski definition) is 6. The number of thiazole rings is 1. The maximum Gasteiger partial charge on any atom is 0.271 e. The molecule has 0 aliphatic carbocycles. The van der Waals surface area contributed by atoms with Crippen LogP contribution < -0.4 is 10.2 Å². The highest BCUT2D eigenvalue weighted by molar-refractivity contribution is 7.09. The van der Waals surface area contributed by atoms with Crippen molar-refractivity contribution in [2.24, 2.45) is 0 Å². The number of hydrogen-bond donors (Lipinski definition) is 1. The summed E-state index contributed by atoms with van der Waals surface area (Å²) in [6, 6.07) is 14.1. The van der Waals surface area contributed by atoms with Crippen molar-refractivity contribution in [1.82, 2.24) is 15.3 Å². The van der Waals surface area contributed by atoms with Gasteiger partial charge < -0.3 is 15.0 Å². The lowest BCUT2D eigenvalue weighted by molar-refractivity contribution is 0.0946. The number of rotatable bonds is 6. The number of amides is 1. The SMILES string of the molecule is O=C(NCc1ccnc(N2CCOCC2)c1)c1csc(Cc2ccccc2)n1. The maximum atomic E-state index is 12.5. The predicted octanol–water partition coefficient (Wildman–Crippen LogP) is 2.90. The second kappa shape index (κ2) is 8.95. The van der Waals surface area contributed by atoms with Gasteiger partial charge in [-0.2, -0.15) is 0 Å². The Morgan fingerprint density at radius 1 is 1.14 bits per heavy atom. The molecule has 1 aliphatic rings. The fourth-order valence-corrected chi connectivity index (χ4v) is 3.88. The third-order valence-electron chi connectivity index (χ3n) is 4.58. The van der Waals surface area contributed by atoms with E-state index in [2.05, 4.69) is 32.3 Å². The standard InChI is InChI=1S/C21H22N4O2S/c26-21(18-15-28-20(24-18)13-16-4-2-1-3-5-16)23-14-17-6-7-22-19(12-17)25-8-10-27-11-9-25/h1-7,12,15H,8-11,13-14H2,(H,23,26). The van der Waals surface area contributed by atoms with E-state index in [1.807, 2.05) is 35.7 Å². The Labute approximate surface area is 168 Å². The molecule has 1 saturated heterocycles. The van der Waals surface area contributed by atoms with Gasteiger partial charge in [0.2, 0.25) is 0 Å². The van der Waals surface area contributed by atoms with E-state index in [-0.39, 0.29) is 5.91 Å². The van der Waals surface area contributed by atoms with Crippen molar-refractivity contribution in [3.8, 4) is 0 Å². The number of nitrogens with zero attached hydrogens (tertiary/aromatic N) is 3. The molecular formula is C21H22N4O2S. The first-order valence-electron chi connectivity index (χ1n) is 9.32. The lowest BCUT2D eigenvalue weighted by atomic mass is 10.2. The Morgan fingerprint density at radius 2 is 1.96 bits per heavy atom. The smallest absolute Gasteiger partial charge is 0.271 e. The summed E-state index contributed by atoms with van der Waals surface area (Å²) in [5.41, 5.74) is 2.68. The summed E-state index contributed by atoms with van der Waals surface area (Å²) in [4.78, 5) is 23.6. The molecule has 1 aromatic carbocycles. The lowest BCUT2D eigenvalue weighted by Gasteiger charge is -2.28. The van der Waals surface area contributed by atoms with E-state index >= 15 is 0 Å². The molecular weight excluding hydrogens is 372 g/mol. The van der Waals surface area contributed by atoms with Crippen LogP contribution in [0.2, 0.25) is 0 Å². The van der Waals surface area contributed by atoms with Crippen molar-refractivity contribution < 1.29 is 9.53 Å². The molecule has 144 valence electrons. The minimum Gasteiger partial charge on any atom is -0.378 e. The van der Waals surface area contributed by atoms with E-state index in [0.717, 1.165) is 49.1 Å². The topological polar surface area (TPSA) is 67.4 Å². The van der Waals surface area contributed by atoms with Gasteiger partial charge in [0.25, 0.3) is 5.91 Å². The number of nitrogens with one attached hydrogen (secondary N) is 1. The summed E-state index contributed by atoms with van der Waals surface area (Å²) in [6.07, 6.45) is 2.53. The number of carbonyl (C=O) groups is 1. The summed E-state index contributed by atoms with van der Waals surface area (Å²) >= 11 is 1.52.